The normalized spacial score (nSPS) is 20.4. The van der Waals surface area contributed by atoms with Gasteiger partial charge >= 0.3 is 0 Å². The molecule has 0 radical (unpaired) electrons. The molecule has 5 nitrogen and oxygen atoms in total. The fourth-order valence-corrected chi connectivity index (χ4v) is 3.13. The SMILES string of the molecule is CN1c2ccc([N+](=O)[O-])cc2[C@@H](c2ccccc2)[C@@H]1CO. The number of likely N-dealkylation sites (N-methyl/N-ethyl adjacent to an activating group) is 1. The number of nitro groups is 1. The molecule has 0 saturated carbocycles. The van der Waals surface area contributed by atoms with Crippen molar-refractivity contribution in [2.24, 2.45) is 0 Å². The molecule has 1 heterocycles. The number of rotatable bonds is 3. The molecule has 2 aromatic carbocycles. The van der Waals surface area contributed by atoms with Gasteiger partial charge in [0, 0.05) is 30.8 Å². The zero-order chi connectivity index (χ0) is 15.0. The molecule has 0 amide bonds. The fourth-order valence-electron chi connectivity index (χ4n) is 3.13. The topological polar surface area (TPSA) is 66.6 Å². The predicted octanol–water partition coefficient (Wildman–Crippen LogP) is 2.54. The van der Waals surface area contributed by atoms with Crippen LogP contribution in [0.15, 0.2) is 48.5 Å². The second-order valence-electron chi connectivity index (χ2n) is 5.25. The third-order valence-corrected chi connectivity index (χ3v) is 4.16. The van der Waals surface area contributed by atoms with Crippen LogP contribution < -0.4 is 4.90 Å². The average Bonchev–Trinajstić information content (AvgIpc) is 2.80. The highest BCUT2D eigenvalue weighted by Crippen LogP contribution is 2.44. The van der Waals surface area contributed by atoms with Gasteiger partial charge in [0.25, 0.3) is 5.69 Å². The van der Waals surface area contributed by atoms with Gasteiger partial charge in [-0.1, -0.05) is 30.3 Å². The molecule has 108 valence electrons. The maximum Gasteiger partial charge on any atom is 0.269 e. The van der Waals surface area contributed by atoms with Crippen LogP contribution in [0.3, 0.4) is 0 Å². The number of aliphatic hydroxyl groups is 1. The van der Waals surface area contributed by atoms with Crippen molar-refractivity contribution in [3.8, 4) is 0 Å². The van der Waals surface area contributed by atoms with Crippen LogP contribution in [0.1, 0.15) is 17.0 Å². The lowest BCUT2D eigenvalue weighted by atomic mass is 9.88. The number of nitro benzene ring substituents is 1. The van der Waals surface area contributed by atoms with Gasteiger partial charge in [0.1, 0.15) is 0 Å². The minimum absolute atomic E-state index is 0.00145. The van der Waals surface area contributed by atoms with E-state index < -0.39 is 0 Å². The second kappa shape index (κ2) is 5.18. The Morgan fingerprint density at radius 1 is 1.24 bits per heavy atom. The van der Waals surface area contributed by atoms with E-state index in [1.807, 2.05) is 42.3 Å². The number of anilines is 1. The third kappa shape index (κ3) is 2.15. The van der Waals surface area contributed by atoms with Crippen LogP contribution in [0.5, 0.6) is 0 Å². The van der Waals surface area contributed by atoms with Crippen LogP contribution in [-0.4, -0.2) is 29.7 Å². The number of aliphatic hydroxyl groups excluding tert-OH is 1. The van der Waals surface area contributed by atoms with E-state index in [1.165, 1.54) is 6.07 Å². The van der Waals surface area contributed by atoms with E-state index in [0.717, 1.165) is 16.8 Å². The van der Waals surface area contributed by atoms with Gasteiger partial charge in [-0.15, -0.1) is 0 Å². The Balaban J connectivity index is 2.16. The van der Waals surface area contributed by atoms with Crippen LogP contribution in [0.4, 0.5) is 11.4 Å². The van der Waals surface area contributed by atoms with Crippen LogP contribution in [0.2, 0.25) is 0 Å². The number of non-ortho nitro benzene ring substituents is 1. The summed E-state index contributed by atoms with van der Waals surface area (Å²) in [4.78, 5) is 12.6. The van der Waals surface area contributed by atoms with Gasteiger partial charge in [0.2, 0.25) is 0 Å². The van der Waals surface area contributed by atoms with E-state index in [0.29, 0.717) is 0 Å². The average molecular weight is 284 g/mol. The molecule has 1 aliphatic rings. The summed E-state index contributed by atoms with van der Waals surface area (Å²) < 4.78 is 0. The van der Waals surface area contributed by atoms with Crippen molar-refractivity contribution >= 4 is 11.4 Å². The Kier molecular flexibility index (Phi) is 3.35. The van der Waals surface area contributed by atoms with Crippen molar-refractivity contribution < 1.29 is 10.0 Å². The number of nitrogens with zero attached hydrogens (tertiary/aromatic N) is 2. The molecule has 1 aliphatic heterocycles. The summed E-state index contributed by atoms with van der Waals surface area (Å²) >= 11 is 0. The lowest BCUT2D eigenvalue weighted by Gasteiger charge is -2.25. The number of hydrogen-bond donors (Lipinski definition) is 1. The third-order valence-electron chi connectivity index (χ3n) is 4.16. The van der Waals surface area contributed by atoms with E-state index in [9.17, 15) is 15.2 Å². The van der Waals surface area contributed by atoms with E-state index in [2.05, 4.69) is 0 Å². The Hall–Kier alpha value is -2.40. The number of hydrogen-bond acceptors (Lipinski definition) is 4. The fraction of sp³-hybridized carbons (Fsp3) is 0.250. The van der Waals surface area contributed by atoms with Crippen molar-refractivity contribution in [1.82, 2.24) is 0 Å². The van der Waals surface area contributed by atoms with Crippen LogP contribution in [-0.2, 0) is 0 Å². The summed E-state index contributed by atoms with van der Waals surface area (Å²) in [5.41, 5.74) is 2.98. The minimum atomic E-state index is -0.380. The summed E-state index contributed by atoms with van der Waals surface area (Å²) in [5, 5.41) is 20.8. The number of benzene rings is 2. The summed E-state index contributed by atoms with van der Waals surface area (Å²) in [6.07, 6.45) is 0. The first kappa shape index (κ1) is 13.6. The van der Waals surface area contributed by atoms with Crippen molar-refractivity contribution in [1.29, 1.82) is 0 Å². The first-order chi connectivity index (χ1) is 10.1. The molecular weight excluding hydrogens is 268 g/mol. The van der Waals surface area contributed by atoms with Gasteiger partial charge in [-0.2, -0.15) is 0 Å². The summed E-state index contributed by atoms with van der Waals surface area (Å²) in [5.74, 6) is -0.0592. The molecule has 0 aromatic heterocycles. The second-order valence-corrected chi connectivity index (χ2v) is 5.25. The maximum absolute atomic E-state index is 11.0. The summed E-state index contributed by atoms with van der Waals surface area (Å²) in [6.45, 7) is -0.00145. The largest absolute Gasteiger partial charge is 0.394 e. The Morgan fingerprint density at radius 2 is 1.95 bits per heavy atom. The van der Waals surface area contributed by atoms with Crippen LogP contribution in [0.25, 0.3) is 0 Å². The van der Waals surface area contributed by atoms with Gasteiger partial charge in [0.15, 0.2) is 0 Å². The molecule has 5 heteroatoms. The molecule has 1 N–H and O–H groups in total. The molecule has 21 heavy (non-hydrogen) atoms. The lowest BCUT2D eigenvalue weighted by molar-refractivity contribution is -0.384. The molecule has 0 aliphatic carbocycles. The first-order valence-electron chi connectivity index (χ1n) is 6.80. The van der Waals surface area contributed by atoms with E-state index >= 15 is 0 Å². The quantitative estimate of drug-likeness (QED) is 0.694. The molecule has 0 unspecified atom stereocenters. The molecule has 0 spiro atoms. The molecule has 0 bridgehead atoms. The highest BCUT2D eigenvalue weighted by Gasteiger charge is 2.37. The van der Waals surface area contributed by atoms with E-state index in [-0.39, 0.29) is 29.2 Å². The summed E-state index contributed by atoms with van der Waals surface area (Å²) in [7, 11) is 1.91. The monoisotopic (exact) mass is 284 g/mol. The lowest BCUT2D eigenvalue weighted by Crippen LogP contribution is -2.34. The predicted molar refractivity (Wildman–Crippen MR) is 80.7 cm³/mol. The molecule has 2 aromatic rings. The van der Waals surface area contributed by atoms with Crippen molar-refractivity contribution in [2.45, 2.75) is 12.0 Å². The van der Waals surface area contributed by atoms with E-state index in [1.54, 1.807) is 12.1 Å². The van der Waals surface area contributed by atoms with Gasteiger partial charge in [-0.05, 0) is 17.2 Å². The van der Waals surface area contributed by atoms with Gasteiger partial charge in [-0.25, -0.2) is 0 Å². The molecule has 2 atom stereocenters. The van der Waals surface area contributed by atoms with Gasteiger partial charge in [0.05, 0.1) is 17.6 Å². The van der Waals surface area contributed by atoms with Crippen LogP contribution >= 0.6 is 0 Å². The highest BCUT2D eigenvalue weighted by molar-refractivity contribution is 5.67. The van der Waals surface area contributed by atoms with Crippen LogP contribution in [0, 0.1) is 10.1 Å². The molecule has 0 fully saturated rings. The Labute approximate surface area is 122 Å². The minimum Gasteiger partial charge on any atom is -0.394 e. The molecule has 0 saturated heterocycles. The number of fused-ring (bicyclic) bond motifs is 1. The van der Waals surface area contributed by atoms with Crippen molar-refractivity contribution in [3.05, 3.63) is 69.8 Å². The standard InChI is InChI=1S/C16H16N2O3/c1-17-14-8-7-12(18(20)21)9-13(14)16(15(17)10-19)11-5-3-2-4-6-11/h2-9,15-16,19H,10H2,1H3/t15-,16+/m0/s1. The highest BCUT2D eigenvalue weighted by atomic mass is 16.6. The van der Waals surface area contributed by atoms with E-state index in [4.69, 9.17) is 0 Å². The zero-order valence-corrected chi connectivity index (χ0v) is 11.6. The molecule has 3 rings (SSSR count). The first-order valence-corrected chi connectivity index (χ1v) is 6.80. The van der Waals surface area contributed by atoms with Crippen molar-refractivity contribution in [2.75, 3.05) is 18.6 Å². The summed E-state index contributed by atoms with van der Waals surface area (Å²) in [6, 6.07) is 14.6. The smallest absolute Gasteiger partial charge is 0.269 e. The zero-order valence-electron chi connectivity index (χ0n) is 11.6. The van der Waals surface area contributed by atoms with Gasteiger partial charge in [-0.3, -0.25) is 10.1 Å². The van der Waals surface area contributed by atoms with Gasteiger partial charge < -0.3 is 10.0 Å². The Bertz CT molecular complexity index is 672. The van der Waals surface area contributed by atoms with Crippen molar-refractivity contribution in [3.63, 3.8) is 0 Å². The Morgan fingerprint density at radius 3 is 2.57 bits per heavy atom. The molecular formula is C16H16N2O3. The maximum atomic E-state index is 11.0.